The SMILES string of the molecule is CS(=O)(=O)NCCNc1ccc(C(F)(F)F)cn1. The molecule has 0 aliphatic carbocycles. The van der Waals surface area contributed by atoms with Gasteiger partial charge in [-0.25, -0.2) is 18.1 Å². The monoisotopic (exact) mass is 283 g/mol. The van der Waals surface area contributed by atoms with E-state index in [1.807, 2.05) is 0 Å². The van der Waals surface area contributed by atoms with Crippen molar-refractivity contribution in [1.82, 2.24) is 9.71 Å². The molecule has 0 fully saturated rings. The number of anilines is 1. The van der Waals surface area contributed by atoms with Crippen molar-refractivity contribution in [2.24, 2.45) is 0 Å². The van der Waals surface area contributed by atoms with Crippen LogP contribution in [0.4, 0.5) is 19.0 Å². The van der Waals surface area contributed by atoms with Crippen molar-refractivity contribution < 1.29 is 21.6 Å². The fraction of sp³-hybridized carbons (Fsp3) is 0.444. The third-order valence-corrected chi connectivity index (χ3v) is 2.61. The van der Waals surface area contributed by atoms with Crippen LogP contribution in [-0.2, 0) is 16.2 Å². The number of halogens is 3. The van der Waals surface area contributed by atoms with Gasteiger partial charge in [0.25, 0.3) is 0 Å². The molecule has 1 heterocycles. The molecule has 9 heteroatoms. The Labute approximate surface area is 102 Å². The molecule has 5 nitrogen and oxygen atoms in total. The highest BCUT2D eigenvalue weighted by molar-refractivity contribution is 7.88. The lowest BCUT2D eigenvalue weighted by molar-refractivity contribution is -0.137. The number of sulfonamides is 1. The number of hydrogen-bond acceptors (Lipinski definition) is 4. The van der Waals surface area contributed by atoms with Gasteiger partial charge in [-0.1, -0.05) is 0 Å². The second-order valence-electron chi connectivity index (χ2n) is 3.52. The molecular formula is C9H12F3N3O2S. The molecular weight excluding hydrogens is 271 g/mol. The molecule has 0 atom stereocenters. The molecule has 0 amide bonds. The van der Waals surface area contributed by atoms with Crippen molar-refractivity contribution in [3.63, 3.8) is 0 Å². The van der Waals surface area contributed by atoms with Crippen LogP contribution in [0.3, 0.4) is 0 Å². The number of aromatic nitrogens is 1. The van der Waals surface area contributed by atoms with Crippen LogP contribution < -0.4 is 10.0 Å². The van der Waals surface area contributed by atoms with E-state index in [9.17, 15) is 21.6 Å². The maximum atomic E-state index is 12.2. The standard InChI is InChI=1S/C9H12F3N3O2S/c1-18(16,17)15-5-4-13-8-3-2-7(6-14-8)9(10,11)12/h2-3,6,15H,4-5H2,1H3,(H,13,14). The Morgan fingerprint density at radius 3 is 2.39 bits per heavy atom. The van der Waals surface area contributed by atoms with Crippen LogP contribution >= 0.6 is 0 Å². The van der Waals surface area contributed by atoms with E-state index in [0.29, 0.717) is 6.20 Å². The van der Waals surface area contributed by atoms with Crippen LogP contribution in [0.5, 0.6) is 0 Å². The summed E-state index contributed by atoms with van der Waals surface area (Å²) in [5.74, 6) is 0.248. The molecule has 1 rings (SSSR count). The summed E-state index contributed by atoms with van der Waals surface area (Å²) >= 11 is 0. The first-order chi connectivity index (χ1) is 8.18. The lowest BCUT2D eigenvalue weighted by Gasteiger charge is -2.08. The van der Waals surface area contributed by atoms with Crippen molar-refractivity contribution in [2.75, 3.05) is 24.7 Å². The number of hydrogen-bond donors (Lipinski definition) is 2. The first-order valence-electron chi connectivity index (χ1n) is 4.90. The van der Waals surface area contributed by atoms with Gasteiger partial charge in [-0.2, -0.15) is 13.2 Å². The molecule has 0 aliphatic heterocycles. The number of rotatable bonds is 5. The van der Waals surface area contributed by atoms with Crippen molar-refractivity contribution in [1.29, 1.82) is 0 Å². The molecule has 0 aromatic carbocycles. The third kappa shape index (κ3) is 5.32. The summed E-state index contributed by atoms with van der Waals surface area (Å²) in [6.07, 6.45) is -2.68. The largest absolute Gasteiger partial charge is 0.417 e. The van der Waals surface area contributed by atoms with Crippen LogP contribution in [0.1, 0.15) is 5.56 Å². The second kappa shape index (κ2) is 5.53. The van der Waals surface area contributed by atoms with Crippen LogP contribution in [0.2, 0.25) is 0 Å². The van der Waals surface area contributed by atoms with Crippen molar-refractivity contribution >= 4 is 15.8 Å². The molecule has 2 N–H and O–H groups in total. The predicted molar refractivity (Wildman–Crippen MR) is 60.6 cm³/mol. The Bertz CT molecular complexity index is 485. The van der Waals surface area contributed by atoms with E-state index in [4.69, 9.17) is 0 Å². The summed E-state index contributed by atoms with van der Waals surface area (Å²) in [5, 5.41) is 2.69. The summed E-state index contributed by atoms with van der Waals surface area (Å²) in [4.78, 5) is 3.57. The van der Waals surface area contributed by atoms with E-state index in [1.165, 1.54) is 6.07 Å². The molecule has 1 aromatic heterocycles. The number of alkyl halides is 3. The smallest absolute Gasteiger partial charge is 0.369 e. The highest BCUT2D eigenvalue weighted by atomic mass is 32.2. The summed E-state index contributed by atoms with van der Waals surface area (Å²) < 4.78 is 60.3. The van der Waals surface area contributed by atoms with E-state index in [-0.39, 0.29) is 18.9 Å². The Morgan fingerprint density at radius 1 is 1.28 bits per heavy atom. The van der Waals surface area contributed by atoms with Crippen LogP contribution in [0, 0.1) is 0 Å². The molecule has 0 aliphatic rings. The highest BCUT2D eigenvalue weighted by Gasteiger charge is 2.30. The summed E-state index contributed by atoms with van der Waals surface area (Å²) in [6.45, 7) is 0.354. The highest BCUT2D eigenvalue weighted by Crippen LogP contribution is 2.28. The van der Waals surface area contributed by atoms with E-state index in [1.54, 1.807) is 0 Å². The minimum absolute atomic E-state index is 0.127. The summed E-state index contributed by atoms with van der Waals surface area (Å²) in [5.41, 5.74) is -0.831. The van der Waals surface area contributed by atoms with Gasteiger partial charge in [-0.05, 0) is 12.1 Å². The molecule has 0 unspecified atom stereocenters. The van der Waals surface area contributed by atoms with E-state index in [0.717, 1.165) is 12.3 Å². The molecule has 0 saturated heterocycles. The topological polar surface area (TPSA) is 71.1 Å². The second-order valence-corrected chi connectivity index (χ2v) is 5.36. The van der Waals surface area contributed by atoms with Gasteiger partial charge in [-0.15, -0.1) is 0 Å². The maximum absolute atomic E-state index is 12.2. The van der Waals surface area contributed by atoms with Crippen molar-refractivity contribution in [2.45, 2.75) is 6.18 Å². The lowest BCUT2D eigenvalue weighted by atomic mass is 10.3. The molecule has 0 radical (unpaired) electrons. The Kier molecular flexibility index (Phi) is 4.52. The Morgan fingerprint density at radius 2 is 1.94 bits per heavy atom. The van der Waals surface area contributed by atoms with Gasteiger partial charge in [0, 0.05) is 19.3 Å². The number of pyridine rings is 1. The molecule has 18 heavy (non-hydrogen) atoms. The number of nitrogens with one attached hydrogen (secondary N) is 2. The lowest BCUT2D eigenvalue weighted by Crippen LogP contribution is -2.27. The van der Waals surface area contributed by atoms with E-state index < -0.39 is 21.8 Å². The minimum Gasteiger partial charge on any atom is -0.369 e. The molecule has 0 spiro atoms. The molecule has 102 valence electrons. The fourth-order valence-electron chi connectivity index (χ4n) is 1.09. The zero-order valence-electron chi connectivity index (χ0n) is 9.45. The minimum atomic E-state index is -4.41. The summed E-state index contributed by atoms with van der Waals surface area (Å²) in [7, 11) is -3.26. The maximum Gasteiger partial charge on any atom is 0.417 e. The first kappa shape index (κ1) is 14.7. The summed E-state index contributed by atoms with van der Waals surface area (Å²) in [6, 6.07) is 2.09. The van der Waals surface area contributed by atoms with E-state index >= 15 is 0 Å². The van der Waals surface area contributed by atoms with Crippen molar-refractivity contribution in [3.8, 4) is 0 Å². The Hall–Kier alpha value is -1.35. The molecule has 1 aromatic rings. The normalized spacial score (nSPS) is 12.4. The first-order valence-corrected chi connectivity index (χ1v) is 6.79. The zero-order chi connectivity index (χ0) is 13.8. The van der Waals surface area contributed by atoms with Crippen molar-refractivity contribution in [3.05, 3.63) is 23.9 Å². The van der Waals surface area contributed by atoms with Crippen LogP contribution in [-0.4, -0.2) is 32.7 Å². The van der Waals surface area contributed by atoms with Gasteiger partial charge < -0.3 is 5.32 Å². The van der Waals surface area contributed by atoms with Gasteiger partial charge in [0.2, 0.25) is 10.0 Å². The predicted octanol–water partition coefficient (Wildman–Crippen LogP) is 1.06. The average molecular weight is 283 g/mol. The number of nitrogens with zero attached hydrogens (tertiary/aromatic N) is 1. The quantitative estimate of drug-likeness (QED) is 0.793. The average Bonchev–Trinajstić information content (AvgIpc) is 2.22. The van der Waals surface area contributed by atoms with Gasteiger partial charge >= 0.3 is 6.18 Å². The van der Waals surface area contributed by atoms with Gasteiger partial charge in [0.1, 0.15) is 5.82 Å². The van der Waals surface area contributed by atoms with Crippen LogP contribution in [0.15, 0.2) is 18.3 Å². The van der Waals surface area contributed by atoms with Gasteiger partial charge in [-0.3, -0.25) is 0 Å². The Balaban J connectivity index is 2.45. The molecule has 0 saturated carbocycles. The zero-order valence-corrected chi connectivity index (χ0v) is 10.3. The van der Waals surface area contributed by atoms with Crippen LogP contribution in [0.25, 0.3) is 0 Å². The van der Waals surface area contributed by atoms with E-state index in [2.05, 4.69) is 15.0 Å². The molecule has 0 bridgehead atoms. The van der Waals surface area contributed by atoms with Gasteiger partial charge in [0.05, 0.1) is 11.8 Å². The third-order valence-electron chi connectivity index (χ3n) is 1.89. The van der Waals surface area contributed by atoms with Gasteiger partial charge in [0.15, 0.2) is 0 Å². The fourth-order valence-corrected chi connectivity index (χ4v) is 1.57.